The fourth-order valence-electron chi connectivity index (χ4n) is 1.96. The molecule has 112 valence electrons. The van der Waals surface area contributed by atoms with Crippen molar-refractivity contribution in [2.24, 2.45) is 5.92 Å². The minimum Gasteiger partial charge on any atom is -0.481 e. The lowest BCUT2D eigenvalue weighted by molar-refractivity contribution is -0.133. The highest BCUT2D eigenvalue weighted by atomic mass is 35.5. The SMILES string of the molecule is CC(C)Cc1cc(SCC(=O)O)n(-c2cccc(Cl)c2)n1. The van der Waals surface area contributed by atoms with Gasteiger partial charge in [-0.25, -0.2) is 4.68 Å². The third-order valence-corrected chi connectivity index (χ3v) is 3.95. The molecule has 1 aromatic carbocycles. The van der Waals surface area contributed by atoms with E-state index in [1.54, 1.807) is 10.7 Å². The molecule has 0 saturated heterocycles. The number of halogens is 1. The third kappa shape index (κ3) is 4.51. The maximum absolute atomic E-state index is 10.8. The summed E-state index contributed by atoms with van der Waals surface area (Å²) in [5.41, 5.74) is 1.79. The number of carboxylic acids is 1. The molecule has 0 radical (unpaired) electrons. The van der Waals surface area contributed by atoms with Gasteiger partial charge in [-0.3, -0.25) is 4.79 Å². The normalized spacial score (nSPS) is 11.0. The molecule has 6 heteroatoms. The molecule has 0 aliphatic rings. The average molecular weight is 325 g/mol. The summed E-state index contributed by atoms with van der Waals surface area (Å²) in [5, 5.41) is 14.9. The predicted molar refractivity (Wildman–Crippen MR) is 85.5 cm³/mol. The van der Waals surface area contributed by atoms with E-state index in [4.69, 9.17) is 16.7 Å². The van der Waals surface area contributed by atoms with Gasteiger partial charge >= 0.3 is 5.97 Å². The molecule has 2 rings (SSSR count). The van der Waals surface area contributed by atoms with Crippen LogP contribution in [-0.2, 0) is 11.2 Å². The van der Waals surface area contributed by atoms with Crippen molar-refractivity contribution < 1.29 is 9.90 Å². The van der Waals surface area contributed by atoms with E-state index < -0.39 is 5.97 Å². The highest BCUT2D eigenvalue weighted by Gasteiger charge is 2.13. The summed E-state index contributed by atoms with van der Waals surface area (Å²) < 4.78 is 1.76. The second-order valence-corrected chi connectivity index (χ2v) is 6.58. The van der Waals surface area contributed by atoms with Crippen LogP contribution in [0.1, 0.15) is 19.5 Å². The zero-order valence-corrected chi connectivity index (χ0v) is 13.5. The van der Waals surface area contributed by atoms with Crippen LogP contribution >= 0.6 is 23.4 Å². The Morgan fingerprint density at radius 3 is 2.81 bits per heavy atom. The summed E-state index contributed by atoms with van der Waals surface area (Å²) in [6, 6.07) is 9.33. The number of aliphatic carboxylic acids is 1. The topological polar surface area (TPSA) is 55.1 Å². The Kier molecular flexibility index (Phi) is 5.31. The molecule has 1 N–H and O–H groups in total. The fourth-order valence-corrected chi connectivity index (χ4v) is 2.90. The Morgan fingerprint density at radius 1 is 1.43 bits per heavy atom. The minimum absolute atomic E-state index is 0.00732. The summed E-state index contributed by atoms with van der Waals surface area (Å²) >= 11 is 7.29. The first-order chi connectivity index (χ1) is 9.95. The number of benzene rings is 1. The van der Waals surface area contributed by atoms with Gasteiger partial charge in [0.2, 0.25) is 0 Å². The summed E-state index contributed by atoms with van der Waals surface area (Å²) in [6.45, 7) is 4.25. The maximum atomic E-state index is 10.8. The van der Waals surface area contributed by atoms with Crippen LogP contribution in [0, 0.1) is 5.92 Å². The molecule has 0 aliphatic carbocycles. The molecule has 1 heterocycles. The maximum Gasteiger partial charge on any atom is 0.313 e. The van der Waals surface area contributed by atoms with E-state index in [1.165, 1.54) is 11.8 Å². The molecule has 21 heavy (non-hydrogen) atoms. The molecular formula is C15H17ClN2O2S. The first-order valence-corrected chi connectivity index (χ1v) is 8.01. The number of nitrogens with zero attached hydrogens (tertiary/aromatic N) is 2. The Hall–Kier alpha value is -1.46. The van der Waals surface area contributed by atoms with Gasteiger partial charge in [0, 0.05) is 5.02 Å². The molecule has 0 saturated carbocycles. The van der Waals surface area contributed by atoms with Crippen LogP contribution in [0.25, 0.3) is 5.69 Å². The molecular weight excluding hydrogens is 308 g/mol. The summed E-state index contributed by atoms with van der Waals surface area (Å²) in [4.78, 5) is 10.8. The van der Waals surface area contributed by atoms with E-state index in [9.17, 15) is 4.79 Å². The lowest BCUT2D eigenvalue weighted by Gasteiger charge is -2.06. The number of hydrogen-bond donors (Lipinski definition) is 1. The highest BCUT2D eigenvalue weighted by molar-refractivity contribution is 7.99. The largest absolute Gasteiger partial charge is 0.481 e. The molecule has 0 bridgehead atoms. The summed E-state index contributed by atoms with van der Waals surface area (Å²) in [6.07, 6.45) is 0.855. The van der Waals surface area contributed by atoms with Crippen molar-refractivity contribution in [2.75, 3.05) is 5.75 Å². The predicted octanol–water partition coefficient (Wildman–Crippen LogP) is 3.90. The molecule has 4 nitrogen and oxygen atoms in total. The molecule has 0 amide bonds. The van der Waals surface area contributed by atoms with Crippen molar-refractivity contribution in [3.63, 3.8) is 0 Å². The van der Waals surface area contributed by atoms with E-state index in [-0.39, 0.29) is 5.75 Å². The Bertz CT molecular complexity index is 640. The molecule has 0 spiro atoms. The number of thioether (sulfide) groups is 1. The van der Waals surface area contributed by atoms with E-state index in [0.29, 0.717) is 10.9 Å². The van der Waals surface area contributed by atoms with Gasteiger partial charge in [-0.15, -0.1) is 0 Å². The second kappa shape index (κ2) is 7.00. The zero-order valence-electron chi connectivity index (χ0n) is 11.9. The van der Waals surface area contributed by atoms with Gasteiger partial charge in [-0.05, 0) is 36.6 Å². The van der Waals surface area contributed by atoms with Crippen LogP contribution in [0.5, 0.6) is 0 Å². The van der Waals surface area contributed by atoms with Gasteiger partial charge in [-0.2, -0.15) is 5.10 Å². The van der Waals surface area contributed by atoms with Gasteiger partial charge in [0.1, 0.15) is 5.03 Å². The highest BCUT2D eigenvalue weighted by Crippen LogP contribution is 2.25. The monoisotopic (exact) mass is 324 g/mol. The molecule has 0 unspecified atom stereocenters. The zero-order chi connectivity index (χ0) is 15.4. The molecule has 2 aromatic rings. The first kappa shape index (κ1) is 15.9. The van der Waals surface area contributed by atoms with Crippen molar-refractivity contribution in [1.82, 2.24) is 9.78 Å². The minimum atomic E-state index is -0.843. The van der Waals surface area contributed by atoms with Crippen LogP contribution < -0.4 is 0 Å². The number of hydrogen-bond acceptors (Lipinski definition) is 3. The fraction of sp³-hybridized carbons (Fsp3) is 0.333. The Morgan fingerprint density at radius 2 is 2.19 bits per heavy atom. The second-order valence-electron chi connectivity index (χ2n) is 5.15. The Labute approximate surface area is 133 Å². The van der Waals surface area contributed by atoms with Gasteiger partial charge < -0.3 is 5.11 Å². The molecule has 0 aliphatic heterocycles. The summed E-state index contributed by atoms with van der Waals surface area (Å²) in [5.74, 6) is -0.345. The van der Waals surface area contributed by atoms with Crippen molar-refractivity contribution in [3.05, 3.63) is 41.0 Å². The standard InChI is InChI=1S/C15H17ClN2O2S/c1-10(2)6-12-8-14(21-9-15(19)20)18(17-12)13-5-3-4-11(16)7-13/h3-5,7-8,10H,6,9H2,1-2H3,(H,19,20). The van der Waals surface area contributed by atoms with Gasteiger partial charge in [0.15, 0.2) is 0 Å². The van der Waals surface area contributed by atoms with Crippen LogP contribution in [0.15, 0.2) is 35.4 Å². The van der Waals surface area contributed by atoms with Gasteiger partial charge in [0.05, 0.1) is 17.1 Å². The van der Waals surface area contributed by atoms with E-state index >= 15 is 0 Å². The number of rotatable bonds is 6. The Balaban J connectivity index is 2.36. The van der Waals surface area contributed by atoms with Gasteiger partial charge in [-0.1, -0.05) is 43.3 Å². The van der Waals surface area contributed by atoms with E-state index in [0.717, 1.165) is 22.8 Å². The van der Waals surface area contributed by atoms with Crippen LogP contribution in [0.3, 0.4) is 0 Å². The van der Waals surface area contributed by atoms with E-state index in [2.05, 4.69) is 18.9 Å². The van der Waals surface area contributed by atoms with E-state index in [1.807, 2.05) is 24.3 Å². The first-order valence-electron chi connectivity index (χ1n) is 6.65. The van der Waals surface area contributed by atoms with Crippen molar-refractivity contribution in [1.29, 1.82) is 0 Å². The lowest BCUT2D eigenvalue weighted by atomic mass is 10.1. The van der Waals surface area contributed by atoms with Crippen LogP contribution in [0.4, 0.5) is 0 Å². The van der Waals surface area contributed by atoms with Crippen LogP contribution in [-0.4, -0.2) is 26.6 Å². The number of aromatic nitrogens is 2. The molecule has 1 aromatic heterocycles. The number of carbonyl (C=O) groups is 1. The van der Waals surface area contributed by atoms with Crippen molar-refractivity contribution in [2.45, 2.75) is 25.3 Å². The van der Waals surface area contributed by atoms with Crippen molar-refractivity contribution in [3.8, 4) is 5.69 Å². The molecule has 0 fully saturated rings. The smallest absolute Gasteiger partial charge is 0.313 e. The average Bonchev–Trinajstić information content (AvgIpc) is 2.78. The summed E-state index contributed by atoms with van der Waals surface area (Å²) in [7, 11) is 0. The van der Waals surface area contributed by atoms with Crippen molar-refractivity contribution >= 4 is 29.3 Å². The quantitative estimate of drug-likeness (QED) is 0.819. The molecule has 0 atom stereocenters. The number of carboxylic acid groups (broad SMARTS) is 1. The van der Waals surface area contributed by atoms with Crippen LogP contribution in [0.2, 0.25) is 5.02 Å². The third-order valence-electron chi connectivity index (χ3n) is 2.74. The van der Waals surface area contributed by atoms with Gasteiger partial charge in [0.25, 0.3) is 0 Å². The lowest BCUT2D eigenvalue weighted by Crippen LogP contribution is -2.03.